The maximum Gasteiger partial charge on any atom is 0.121 e. The normalized spacial score (nSPS) is 15.4. The Labute approximate surface area is 102 Å². The van der Waals surface area contributed by atoms with Gasteiger partial charge in [-0.2, -0.15) is 0 Å². The second kappa shape index (κ2) is 6.33. The highest BCUT2D eigenvalue weighted by atomic mass is 32.1. The van der Waals surface area contributed by atoms with Crippen LogP contribution in [0.1, 0.15) is 44.5 Å². The summed E-state index contributed by atoms with van der Waals surface area (Å²) >= 11 is 1.66. The lowest BCUT2D eigenvalue weighted by Crippen LogP contribution is -2.28. The molecule has 1 aromatic rings. The Morgan fingerprint density at radius 1 is 1.44 bits per heavy atom. The van der Waals surface area contributed by atoms with Gasteiger partial charge in [0.05, 0.1) is 5.69 Å². The fourth-order valence-electron chi connectivity index (χ4n) is 1.40. The maximum atomic E-state index is 6.03. The third kappa shape index (κ3) is 3.85. The summed E-state index contributed by atoms with van der Waals surface area (Å²) in [6.45, 7) is 9.04. The Hall–Kier alpha value is -0.450. The van der Waals surface area contributed by atoms with Crippen molar-refractivity contribution in [2.75, 3.05) is 6.61 Å². The molecular weight excluding hydrogens is 220 g/mol. The van der Waals surface area contributed by atoms with Crippen molar-refractivity contribution in [3.05, 3.63) is 16.1 Å². The minimum absolute atomic E-state index is 0.0963. The lowest BCUT2D eigenvalue weighted by molar-refractivity contribution is 0.0761. The van der Waals surface area contributed by atoms with Crippen LogP contribution < -0.4 is 5.73 Å². The predicted molar refractivity (Wildman–Crippen MR) is 68.7 cm³/mol. The van der Waals surface area contributed by atoms with E-state index in [2.05, 4.69) is 24.2 Å². The van der Waals surface area contributed by atoms with Crippen LogP contribution in [0.5, 0.6) is 0 Å². The smallest absolute Gasteiger partial charge is 0.121 e. The van der Waals surface area contributed by atoms with Gasteiger partial charge in [-0.15, -0.1) is 11.3 Å². The van der Waals surface area contributed by atoms with Crippen molar-refractivity contribution in [1.82, 2.24) is 4.98 Å². The van der Waals surface area contributed by atoms with Gasteiger partial charge >= 0.3 is 0 Å². The standard InChI is InChI=1S/C12H22N2OS/c1-5-15-9(4)12-14-10(7-16-12)6-11(13)8(2)3/h7-9,11H,5-6,13H2,1-4H3. The van der Waals surface area contributed by atoms with Crippen molar-refractivity contribution in [3.63, 3.8) is 0 Å². The van der Waals surface area contributed by atoms with Gasteiger partial charge in [-0.25, -0.2) is 4.98 Å². The number of nitrogens with zero attached hydrogens (tertiary/aromatic N) is 1. The Kier molecular flexibility index (Phi) is 5.38. The SMILES string of the molecule is CCOC(C)c1nc(CC(N)C(C)C)cs1. The molecule has 0 saturated carbocycles. The van der Waals surface area contributed by atoms with Crippen molar-refractivity contribution < 1.29 is 4.74 Å². The summed E-state index contributed by atoms with van der Waals surface area (Å²) in [6.07, 6.45) is 0.950. The first-order chi connectivity index (χ1) is 7.54. The summed E-state index contributed by atoms with van der Waals surface area (Å²) in [5, 5.41) is 3.14. The third-order valence-electron chi connectivity index (χ3n) is 2.64. The summed E-state index contributed by atoms with van der Waals surface area (Å²) in [6, 6.07) is 0.192. The molecule has 2 N–H and O–H groups in total. The van der Waals surface area contributed by atoms with E-state index in [0.29, 0.717) is 5.92 Å². The largest absolute Gasteiger partial charge is 0.372 e. The molecule has 1 aromatic heterocycles. The van der Waals surface area contributed by atoms with Crippen molar-refractivity contribution in [3.8, 4) is 0 Å². The first-order valence-electron chi connectivity index (χ1n) is 5.86. The molecule has 92 valence electrons. The molecule has 0 aliphatic heterocycles. The van der Waals surface area contributed by atoms with Gasteiger partial charge in [0.25, 0.3) is 0 Å². The molecule has 0 saturated heterocycles. The van der Waals surface area contributed by atoms with Crippen molar-refractivity contribution >= 4 is 11.3 Å². The first-order valence-corrected chi connectivity index (χ1v) is 6.74. The fraction of sp³-hybridized carbons (Fsp3) is 0.750. The Bertz CT molecular complexity index is 312. The molecule has 1 heterocycles. The van der Waals surface area contributed by atoms with Crippen LogP contribution in [0.4, 0.5) is 0 Å². The number of aromatic nitrogens is 1. The highest BCUT2D eigenvalue weighted by Crippen LogP contribution is 2.22. The van der Waals surface area contributed by atoms with E-state index in [0.717, 1.165) is 23.7 Å². The minimum atomic E-state index is 0.0963. The van der Waals surface area contributed by atoms with Crippen LogP contribution >= 0.6 is 11.3 Å². The lowest BCUT2D eigenvalue weighted by Gasteiger charge is -2.13. The Balaban J connectivity index is 2.57. The number of hydrogen-bond donors (Lipinski definition) is 1. The van der Waals surface area contributed by atoms with Crippen LogP contribution in [0.25, 0.3) is 0 Å². The summed E-state index contributed by atoms with van der Waals surface area (Å²) in [5.41, 5.74) is 7.12. The monoisotopic (exact) mass is 242 g/mol. The molecule has 3 nitrogen and oxygen atoms in total. The van der Waals surface area contributed by atoms with Crippen LogP contribution in [-0.4, -0.2) is 17.6 Å². The molecule has 4 heteroatoms. The van der Waals surface area contributed by atoms with Gasteiger partial charge in [-0.05, 0) is 19.8 Å². The van der Waals surface area contributed by atoms with Crippen LogP contribution in [0.15, 0.2) is 5.38 Å². The molecule has 0 amide bonds. The molecule has 0 aliphatic rings. The molecular formula is C12H22N2OS. The topological polar surface area (TPSA) is 48.1 Å². The van der Waals surface area contributed by atoms with Gasteiger partial charge < -0.3 is 10.5 Å². The van der Waals surface area contributed by atoms with Crippen molar-refractivity contribution in [2.45, 2.75) is 46.3 Å². The molecule has 16 heavy (non-hydrogen) atoms. The molecule has 0 radical (unpaired) electrons. The number of thiazole rings is 1. The van der Waals surface area contributed by atoms with E-state index < -0.39 is 0 Å². The van der Waals surface area contributed by atoms with Gasteiger partial charge in [-0.1, -0.05) is 13.8 Å². The predicted octanol–water partition coefficient (Wildman–Crippen LogP) is 2.77. The molecule has 2 unspecified atom stereocenters. The zero-order chi connectivity index (χ0) is 12.1. The van der Waals surface area contributed by atoms with E-state index in [-0.39, 0.29) is 12.1 Å². The molecule has 0 aliphatic carbocycles. The number of rotatable bonds is 6. The lowest BCUT2D eigenvalue weighted by atomic mass is 10.0. The first kappa shape index (κ1) is 13.6. The molecule has 2 atom stereocenters. The van der Waals surface area contributed by atoms with Gasteiger partial charge in [0.15, 0.2) is 0 Å². The Morgan fingerprint density at radius 2 is 2.12 bits per heavy atom. The van der Waals surface area contributed by atoms with E-state index in [1.165, 1.54) is 0 Å². The summed E-state index contributed by atoms with van der Waals surface area (Å²) in [7, 11) is 0. The molecule has 0 fully saturated rings. The molecule has 0 bridgehead atoms. The Morgan fingerprint density at radius 3 is 2.69 bits per heavy atom. The molecule has 0 aromatic carbocycles. The van der Waals surface area contributed by atoms with E-state index in [4.69, 9.17) is 10.5 Å². The average molecular weight is 242 g/mol. The highest BCUT2D eigenvalue weighted by molar-refractivity contribution is 7.09. The zero-order valence-corrected chi connectivity index (χ0v) is 11.4. The van der Waals surface area contributed by atoms with Crippen molar-refractivity contribution in [1.29, 1.82) is 0 Å². The van der Waals surface area contributed by atoms with Gasteiger partial charge in [0, 0.05) is 24.4 Å². The van der Waals surface area contributed by atoms with Crippen molar-refractivity contribution in [2.24, 2.45) is 11.7 Å². The van der Waals surface area contributed by atoms with E-state index >= 15 is 0 Å². The second-order valence-corrected chi connectivity index (χ2v) is 5.28. The van der Waals surface area contributed by atoms with E-state index in [1.54, 1.807) is 11.3 Å². The van der Waals surface area contributed by atoms with Crippen LogP contribution in [-0.2, 0) is 11.2 Å². The molecule has 0 spiro atoms. The number of hydrogen-bond acceptors (Lipinski definition) is 4. The summed E-state index contributed by atoms with van der Waals surface area (Å²) in [4.78, 5) is 4.56. The summed E-state index contributed by atoms with van der Waals surface area (Å²) < 4.78 is 5.51. The van der Waals surface area contributed by atoms with Crippen LogP contribution in [0.2, 0.25) is 0 Å². The third-order valence-corrected chi connectivity index (χ3v) is 3.69. The number of nitrogens with two attached hydrogens (primary N) is 1. The summed E-state index contributed by atoms with van der Waals surface area (Å²) in [5.74, 6) is 0.495. The molecule has 1 rings (SSSR count). The van der Waals surface area contributed by atoms with Crippen LogP contribution in [0, 0.1) is 5.92 Å². The zero-order valence-electron chi connectivity index (χ0n) is 10.6. The van der Waals surface area contributed by atoms with Gasteiger partial charge in [0.1, 0.15) is 11.1 Å². The van der Waals surface area contributed by atoms with E-state index in [9.17, 15) is 0 Å². The van der Waals surface area contributed by atoms with Gasteiger partial charge in [0.2, 0.25) is 0 Å². The maximum absolute atomic E-state index is 6.03. The van der Waals surface area contributed by atoms with Crippen LogP contribution in [0.3, 0.4) is 0 Å². The number of ether oxygens (including phenoxy) is 1. The second-order valence-electron chi connectivity index (χ2n) is 4.39. The average Bonchev–Trinajstić information content (AvgIpc) is 2.66. The minimum Gasteiger partial charge on any atom is -0.372 e. The quantitative estimate of drug-likeness (QED) is 0.834. The fourth-order valence-corrected chi connectivity index (χ4v) is 2.24. The van der Waals surface area contributed by atoms with Gasteiger partial charge in [-0.3, -0.25) is 0 Å². The highest BCUT2D eigenvalue weighted by Gasteiger charge is 2.14. The van der Waals surface area contributed by atoms with E-state index in [1.807, 2.05) is 13.8 Å².